The first-order valence-electron chi connectivity index (χ1n) is 6.50. The topological polar surface area (TPSA) is 67.2 Å². The molecule has 2 atom stereocenters. The highest BCUT2D eigenvalue weighted by Crippen LogP contribution is 2.22. The molecule has 4 N–H and O–H groups in total. The maximum Gasteiger partial charge on any atom is 0.277 e. The Balaban J connectivity index is 2.26. The van der Waals surface area contributed by atoms with Gasteiger partial charge in [0, 0.05) is 6.42 Å². The van der Waals surface area contributed by atoms with Crippen LogP contribution in [0.2, 0.25) is 0 Å². The summed E-state index contributed by atoms with van der Waals surface area (Å²) in [5, 5.41) is 5.54. The number of nitrogens with two attached hydrogens (primary N) is 1. The van der Waals surface area contributed by atoms with E-state index in [1.807, 2.05) is 6.92 Å². The van der Waals surface area contributed by atoms with E-state index in [0.29, 0.717) is 12.3 Å². The van der Waals surface area contributed by atoms with E-state index < -0.39 is 19.0 Å². The quantitative estimate of drug-likeness (QED) is 0.661. The van der Waals surface area contributed by atoms with Gasteiger partial charge in [-0.15, -0.1) is 0 Å². The molecule has 18 heavy (non-hydrogen) atoms. The maximum absolute atomic E-state index is 12.9. The monoisotopic (exact) mass is 263 g/mol. The van der Waals surface area contributed by atoms with Crippen molar-refractivity contribution in [1.29, 1.82) is 0 Å². The van der Waals surface area contributed by atoms with E-state index in [-0.39, 0.29) is 11.8 Å². The van der Waals surface area contributed by atoms with Gasteiger partial charge in [-0.2, -0.15) is 0 Å². The van der Waals surface area contributed by atoms with Crippen molar-refractivity contribution >= 4 is 5.91 Å². The summed E-state index contributed by atoms with van der Waals surface area (Å²) in [6.07, 6.45) is 2.51. The molecule has 6 heteroatoms. The normalized spacial score (nSPS) is 22.6. The van der Waals surface area contributed by atoms with Crippen molar-refractivity contribution in [2.75, 3.05) is 26.2 Å². The van der Waals surface area contributed by atoms with Crippen molar-refractivity contribution in [3.63, 3.8) is 0 Å². The SMILES string of the molecule is CC(CC(=O)NCC(F)(F)CN)C1CCCNC1. The van der Waals surface area contributed by atoms with Crippen LogP contribution < -0.4 is 16.4 Å². The minimum Gasteiger partial charge on any atom is -0.350 e. The number of amides is 1. The van der Waals surface area contributed by atoms with Crippen LogP contribution in [0.5, 0.6) is 0 Å². The molecule has 2 unspecified atom stereocenters. The van der Waals surface area contributed by atoms with Crippen molar-refractivity contribution in [1.82, 2.24) is 10.6 Å². The van der Waals surface area contributed by atoms with Crippen molar-refractivity contribution in [3.05, 3.63) is 0 Å². The first kappa shape index (κ1) is 15.3. The first-order chi connectivity index (χ1) is 8.44. The Kier molecular flexibility index (Phi) is 5.95. The molecule has 1 amide bonds. The first-order valence-corrected chi connectivity index (χ1v) is 6.50. The molecule has 0 aliphatic carbocycles. The van der Waals surface area contributed by atoms with Crippen molar-refractivity contribution in [2.24, 2.45) is 17.6 Å². The van der Waals surface area contributed by atoms with Crippen LogP contribution in [0.4, 0.5) is 8.78 Å². The van der Waals surface area contributed by atoms with Gasteiger partial charge < -0.3 is 16.4 Å². The average Bonchev–Trinajstić information content (AvgIpc) is 2.37. The highest BCUT2D eigenvalue weighted by molar-refractivity contribution is 5.76. The Morgan fingerprint density at radius 2 is 2.33 bits per heavy atom. The zero-order valence-corrected chi connectivity index (χ0v) is 10.8. The highest BCUT2D eigenvalue weighted by atomic mass is 19.3. The number of alkyl halides is 2. The van der Waals surface area contributed by atoms with Gasteiger partial charge in [-0.05, 0) is 37.8 Å². The lowest BCUT2D eigenvalue weighted by Gasteiger charge is -2.28. The molecule has 0 aromatic heterocycles. The number of rotatable bonds is 6. The number of hydrogen-bond acceptors (Lipinski definition) is 3. The summed E-state index contributed by atoms with van der Waals surface area (Å²) in [4.78, 5) is 11.6. The second-order valence-electron chi connectivity index (χ2n) is 5.12. The molecule has 1 rings (SSSR count). The number of carbonyl (C=O) groups excluding carboxylic acids is 1. The van der Waals surface area contributed by atoms with E-state index in [0.717, 1.165) is 25.9 Å². The lowest BCUT2D eigenvalue weighted by molar-refractivity contribution is -0.124. The molecule has 4 nitrogen and oxygen atoms in total. The minimum absolute atomic E-state index is 0.212. The van der Waals surface area contributed by atoms with E-state index in [9.17, 15) is 13.6 Å². The van der Waals surface area contributed by atoms with E-state index in [1.54, 1.807) is 0 Å². The third kappa shape index (κ3) is 5.27. The summed E-state index contributed by atoms with van der Waals surface area (Å²) in [5.41, 5.74) is 4.90. The van der Waals surface area contributed by atoms with Crippen LogP contribution in [0.15, 0.2) is 0 Å². The van der Waals surface area contributed by atoms with Crippen LogP contribution in [0.25, 0.3) is 0 Å². The van der Waals surface area contributed by atoms with E-state index in [2.05, 4.69) is 10.6 Å². The second-order valence-corrected chi connectivity index (χ2v) is 5.12. The fourth-order valence-corrected chi connectivity index (χ4v) is 2.20. The largest absolute Gasteiger partial charge is 0.350 e. The number of carbonyl (C=O) groups is 1. The van der Waals surface area contributed by atoms with E-state index in [1.165, 1.54) is 0 Å². The Morgan fingerprint density at radius 3 is 2.89 bits per heavy atom. The van der Waals surface area contributed by atoms with Crippen LogP contribution in [-0.2, 0) is 4.79 Å². The number of nitrogens with one attached hydrogen (secondary N) is 2. The van der Waals surface area contributed by atoms with Crippen molar-refractivity contribution < 1.29 is 13.6 Å². The molecular formula is C12H23F2N3O. The third-order valence-corrected chi connectivity index (χ3v) is 3.49. The Morgan fingerprint density at radius 1 is 1.61 bits per heavy atom. The van der Waals surface area contributed by atoms with Gasteiger partial charge in [0.15, 0.2) is 0 Å². The van der Waals surface area contributed by atoms with E-state index in [4.69, 9.17) is 5.73 Å². The van der Waals surface area contributed by atoms with Gasteiger partial charge in [0.1, 0.15) is 0 Å². The standard InChI is InChI=1S/C12H23F2N3O/c1-9(10-3-2-4-16-6-10)5-11(18)17-8-12(13,14)7-15/h9-10,16H,2-8,15H2,1H3,(H,17,18). The molecule has 0 spiro atoms. The van der Waals surface area contributed by atoms with Gasteiger partial charge in [-0.3, -0.25) is 4.79 Å². The summed E-state index contributed by atoms with van der Waals surface area (Å²) in [6, 6.07) is 0. The molecule has 0 saturated carbocycles. The summed E-state index contributed by atoms with van der Waals surface area (Å²) in [7, 11) is 0. The lowest BCUT2D eigenvalue weighted by Crippen LogP contribution is -2.42. The fourth-order valence-electron chi connectivity index (χ4n) is 2.20. The van der Waals surface area contributed by atoms with E-state index >= 15 is 0 Å². The summed E-state index contributed by atoms with van der Waals surface area (Å²) >= 11 is 0. The van der Waals surface area contributed by atoms with Crippen LogP contribution in [-0.4, -0.2) is 38.0 Å². The maximum atomic E-state index is 12.9. The molecule has 1 aliphatic heterocycles. The molecule has 0 radical (unpaired) electrons. The molecule has 0 aromatic rings. The minimum atomic E-state index is -3.01. The van der Waals surface area contributed by atoms with Crippen LogP contribution >= 0.6 is 0 Å². The Bertz CT molecular complexity index is 268. The van der Waals surface area contributed by atoms with Crippen LogP contribution in [0, 0.1) is 11.8 Å². The van der Waals surface area contributed by atoms with Gasteiger partial charge in [0.2, 0.25) is 5.91 Å². The predicted molar refractivity (Wildman–Crippen MR) is 66.4 cm³/mol. The van der Waals surface area contributed by atoms with Crippen LogP contribution in [0.1, 0.15) is 26.2 Å². The van der Waals surface area contributed by atoms with Gasteiger partial charge in [-0.1, -0.05) is 6.92 Å². The molecule has 0 aromatic carbocycles. The third-order valence-electron chi connectivity index (χ3n) is 3.49. The van der Waals surface area contributed by atoms with Crippen molar-refractivity contribution in [3.8, 4) is 0 Å². The zero-order valence-electron chi connectivity index (χ0n) is 10.8. The molecule has 1 heterocycles. The highest BCUT2D eigenvalue weighted by Gasteiger charge is 2.28. The number of halogens is 2. The molecule has 1 saturated heterocycles. The molecule has 106 valence electrons. The Labute approximate surface area is 107 Å². The van der Waals surface area contributed by atoms with Crippen molar-refractivity contribution in [2.45, 2.75) is 32.1 Å². The second kappa shape index (κ2) is 6.99. The van der Waals surface area contributed by atoms with Crippen LogP contribution in [0.3, 0.4) is 0 Å². The predicted octanol–water partition coefficient (Wildman–Crippen LogP) is 0.722. The number of hydrogen-bond donors (Lipinski definition) is 3. The van der Waals surface area contributed by atoms with Gasteiger partial charge in [-0.25, -0.2) is 8.78 Å². The molecular weight excluding hydrogens is 240 g/mol. The summed E-state index contributed by atoms with van der Waals surface area (Å²) in [6.45, 7) is 2.53. The Hall–Kier alpha value is -0.750. The number of piperidine rings is 1. The van der Waals surface area contributed by atoms with Gasteiger partial charge >= 0.3 is 0 Å². The lowest BCUT2D eigenvalue weighted by atomic mass is 9.85. The molecule has 0 bridgehead atoms. The summed E-state index contributed by atoms with van der Waals surface area (Å²) < 4.78 is 25.7. The average molecular weight is 263 g/mol. The van der Waals surface area contributed by atoms with Gasteiger partial charge in [0.05, 0.1) is 13.1 Å². The zero-order chi connectivity index (χ0) is 13.6. The molecule has 1 aliphatic rings. The summed E-state index contributed by atoms with van der Waals surface area (Å²) in [5.74, 6) is -2.66. The smallest absolute Gasteiger partial charge is 0.277 e. The molecule has 1 fully saturated rings. The fraction of sp³-hybridized carbons (Fsp3) is 0.917. The van der Waals surface area contributed by atoms with Gasteiger partial charge in [0.25, 0.3) is 5.92 Å².